The first-order valence-corrected chi connectivity index (χ1v) is 9.87. The molecule has 1 heterocycles. The monoisotopic (exact) mass is 456 g/mol. The average Bonchev–Trinajstić information content (AvgIpc) is 3.01. The first-order valence-electron chi connectivity index (χ1n) is 7.57. The lowest BCUT2D eigenvalue weighted by atomic mass is 10.1. The maximum Gasteiger partial charge on any atom is 0.416 e. The van der Waals surface area contributed by atoms with Crippen molar-refractivity contribution in [3.05, 3.63) is 47.5 Å². The number of ether oxygens (including phenoxy) is 1. The minimum absolute atomic E-state index is 0.130. The van der Waals surface area contributed by atoms with Gasteiger partial charge in [0.15, 0.2) is 5.13 Å². The van der Waals surface area contributed by atoms with Crippen molar-refractivity contribution in [2.75, 3.05) is 11.8 Å². The molecule has 0 saturated heterocycles. The highest BCUT2D eigenvalue weighted by Crippen LogP contribution is 2.38. The average molecular weight is 456 g/mol. The second-order valence-corrected chi connectivity index (χ2v) is 8.39. The molecule has 0 aliphatic rings. The lowest BCUT2D eigenvalue weighted by Crippen LogP contribution is -2.17. The Morgan fingerprint density at radius 3 is 2.10 bits per heavy atom. The van der Waals surface area contributed by atoms with E-state index in [9.17, 15) is 34.8 Å². The highest BCUT2D eigenvalue weighted by Gasteiger charge is 2.38. The van der Waals surface area contributed by atoms with Gasteiger partial charge in [0, 0.05) is 0 Å². The standard InChI is InChI=1S/C16H10F6N2O3S2/c1-27-11-3-2-4-12-13(11)23-14(28-12)24-29(25,26)10-6-8(15(17,18)19)5-9(7-10)16(20,21)22/h2-7H,1H3,(H,23,24). The van der Waals surface area contributed by atoms with Crippen LogP contribution < -0.4 is 9.46 Å². The maximum atomic E-state index is 13.0. The summed E-state index contributed by atoms with van der Waals surface area (Å²) < 4.78 is 110. The van der Waals surface area contributed by atoms with Crippen LogP contribution in [0.5, 0.6) is 5.75 Å². The zero-order valence-corrected chi connectivity index (χ0v) is 15.9. The zero-order valence-electron chi connectivity index (χ0n) is 14.2. The van der Waals surface area contributed by atoms with Crippen LogP contribution in [-0.2, 0) is 22.4 Å². The van der Waals surface area contributed by atoms with Crippen LogP contribution in [0.15, 0.2) is 41.3 Å². The van der Waals surface area contributed by atoms with Gasteiger partial charge in [0.2, 0.25) is 0 Å². The summed E-state index contributed by atoms with van der Waals surface area (Å²) in [4.78, 5) is 2.81. The van der Waals surface area contributed by atoms with Crippen LogP contribution in [0.2, 0.25) is 0 Å². The maximum absolute atomic E-state index is 13.0. The third-order valence-corrected chi connectivity index (χ3v) is 6.08. The van der Waals surface area contributed by atoms with Gasteiger partial charge in [0.25, 0.3) is 10.0 Å². The number of sulfonamides is 1. The molecule has 3 aromatic rings. The molecule has 0 aliphatic carbocycles. The highest BCUT2D eigenvalue weighted by molar-refractivity contribution is 7.93. The zero-order chi connectivity index (χ0) is 21.6. The van der Waals surface area contributed by atoms with Gasteiger partial charge in [-0.25, -0.2) is 13.4 Å². The van der Waals surface area contributed by atoms with Gasteiger partial charge in [-0.15, -0.1) is 0 Å². The van der Waals surface area contributed by atoms with Crippen molar-refractivity contribution < 1.29 is 39.5 Å². The third kappa shape index (κ3) is 4.40. The van der Waals surface area contributed by atoms with E-state index in [1.165, 1.54) is 7.11 Å². The smallest absolute Gasteiger partial charge is 0.416 e. The van der Waals surface area contributed by atoms with E-state index in [4.69, 9.17) is 4.74 Å². The van der Waals surface area contributed by atoms with Crippen LogP contribution in [0.25, 0.3) is 10.2 Å². The predicted octanol–water partition coefficient (Wildman–Crippen LogP) is 5.14. The number of hydrogen-bond acceptors (Lipinski definition) is 5. The van der Waals surface area contributed by atoms with Crippen LogP contribution in [0.4, 0.5) is 31.5 Å². The van der Waals surface area contributed by atoms with Crippen LogP contribution in [0.1, 0.15) is 11.1 Å². The molecule has 0 radical (unpaired) electrons. The van der Waals surface area contributed by atoms with Crippen molar-refractivity contribution in [3.8, 4) is 5.75 Å². The van der Waals surface area contributed by atoms with Crippen molar-refractivity contribution in [2.24, 2.45) is 0 Å². The quantitative estimate of drug-likeness (QED) is 0.552. The van der Waals surface area contributed by atoms with E-state index in [2.05, 4.69) is 4.98 Å². The predicted molar refractivity (Wildman–Crippen MR) is 93.4 cm³/mol. The molecule has 0 spiro atoms. The fraction of sp³-hybridized carbons (Fsp3) is 0.188. The minimum Gasteiger partial charge on any atom is -0.494 e. The molecule has 29 heavy (non-hydrogen) atoms. The molecule has 0 aliphatic heterocycles. The van der Waals surface area contributed by atoms with Crippen molar-refractivity contribution in [2.45, 2.75) is 17.2 Å². The Morgan fingerprint density at radius 1 is 1.00 bits per heavy atom. The Morgan fingerprint density at radius 2 is 1.59 bits per heavy atom. The van der Waals surface area contributed by atoms with Crippen molar-refractivity contribution >= 4 is 36.7 Å². The number of anilines is 1. The Kier molecular flexibility index (Phi) is 5.15. The number of methoxy groups -OCH3 is 1. The fourth-order valence-corrected chi connectivity index (χ4v) is 4.58. The molecule has 1 aromatic heterocycles. The number of fused-ring (bicyclic) bond motifs is 1. The van der Waals surface area contributed by atoms with Crippen molar-refractivity contribution in [3.63, 3.8) is 0 Å². The summed E-state index contributed by atoms with van der Waals surface area (Å²) in [6.07, 6.45) is -10.3. The van der Waals surface area contributed by atoms with Gasteiger partial charge in [-0.3, -0.25) is 4.72 Å². The van der Waals surface area contributed by atoms with Crippen molar-refractivity contribution in [1.82, 2.24) is 4.98 Å². The fourth-order valence-electron chi connectivity index (χ4n) is 2.39. The van der Waals surface area contributed by atoms with E-state index in [1.54, 1.807) is 18.2 Å². The SMILES string of the molecule is COc1cccc2sc(NS(=O)(=O)c3cc(C(F)(F)F)cc(C(F)(F)F)c3)nc12. The number of alkyl halides is 6. The van der Waals surface area contributed by atoms with Gasteiger partial charge < -0.3 is 4.74 Å². The molecule has 13 heteroatoms. The lowest BCUT2D eigenvalue weighted by molar-refractivity contribution is -0.143. The number of nitrogens with one attached hydrogen (secondary N) is 1. The molecule has 0 fully saturated rings. The topological polar surface area (TPSA) is 68.3 Å². The number of hydrogen-bond donors (Lipinski definition) is 1. The second kappa shape index (κ2) is 7.06. The van der Waals surface area contributed by atoms with Crippen LogP contribution in [-0.4, -0.2) is 20.5 Å². The Hall–Kier alpha value is -2.54. The summed E-state index contributed by atoms with van der Waals surface area (Å²) in [6, 6.07) is 4.88. The molecular formula is C16H10F6N2O3S2. The van der Waals surface area contributed by atoms with Gasteiger partial charge in [-0.05, 0) is 30.3 Å². The lowest BCUT2D eigenvalue weighted by Gasteiger charge is -2.14. The van der Waals surface area contributed by atoms with E-state index in [1.807, 2.05) is 4.72 Å². The summed E-state index contributed by atoms with van der Waals surface area (Å²) in [6.45, 7) is 0. The number of rotatable bonds is 4. The van der Waals surface area contributed by atoms with E-state index in [-0.39, 0.29) is 28.8 Å². The number of thiazole rings is 1. The molecule has 3 rings (SSSR count). The molecule has 1 N–H and O–H groups in total. The van der Waals surface area contributed by atoms with E-state index >= 15 is 0 Å². The van der Waals surface area contributed by atoms with Gasteiger partial charge in [-0.1, -0.05) is 17.4 Å². The largest absolute Gasteiger partial charge is 0.494 e. The van der Waals surface area contributed by atoms with Crippen molar-refractivity contribution in [1.29, 1.82) is 0 Å². The first kappa shape index (κ1) is 21.2. The molecule has 2 aromatic carbocycles. The number of benzene rings is 2. The Labute approximate surface area is 164 Å². The number of aromatic nitrogens is 1. The van der Waals surface area contributed by atoms with Crippen LogP contribution >= 0.6 is 11.3 Å². The molecule has 0 saturated carbocycles. The van der Waals surface area contributed by atoms with E-state index in [0.717, 1.165) is 11.3 Å². The summed E-state index contributed by atoms with van der Waals surface area (Å²) >= 11 is 0.842. The molecule has 5 nitrogen and oxygen atoms in total. The number of para-hydroxylation sites is 1. The summed E-state index contributed by atoms with van der Waals surface area (Å²) in [5, 5.41) is -0.240. The van der Waals surface area contributed by atoms with Gasteiger partial charge in [0.1, 0.15) is 11.3 Å². The van der Waals surface area contributed by atoms with Gasteiger partial charge in [-0.2, -0.15) is 26.3 Å². The van der Waals surface area contributed by atoms with Gasteiger partial charge >= 0.3 is 12.4 Å². The molecular weight excluding hydrogens is 446 g/mol. The number of halogens is 6. The second-order valence-electron chi connectivity index (χ2n) is 5.67. The van der Waals surface area contributed by atoms with E-state index in [0.29, 0.717) is 10.4 Å². The van der Waals surface area contributed by atoms with Crippen LogP contribution in [0, 0.1) is 0 Å². The molecule has 0 bridgehead atoms. The third-order valence-electron chi connectivity index (χ3n) is 3.70. The van der Waals surface area contributed by atoms with E-state index < -0.39 is 38.4 Å². The minimum atomic E-state index is -5.17. The van der Waals surface area contributed by atoms with Crippen LogP contribution in [0.3, 0.4) is 0 Å². The summed E-state index contributed by atoms with van der Waals surface area (Å²) in [5.41, 5.74) is -3.19. The molecule has 0 unspecified atom stereocenters. The highest BCUT2D eigenvalue weighted by atomic mass is 32.2. The summed E-state index contributed by atoms with van der Waals surface area (Å²) in [5.74, 6) is 0.322. The first-order chi connectivity index (χ1) is 13.3. The van der Waals surface area contributed by atoms with Gasteiger partial charge in [0.05, 0.1) is 27.8 Å². The number of nitrogens with zero attached hydrogens (tertiary/aromatic N) is 1. The Balaban J connectivity index is 2.07. The normalized spacial score (nSPS) is 12.9. The molecule has 156 valence electrons. The molecule has 0 atom stereocenters. The summed E-state index contributed by atoms with van der Waals surface area (Å²) in [7, 11) is -3.43. The Bertz CT molecular complexity index is 1140. The molecule has 0 amide bonds.